The van der Waals surface area contributed by atoms with E-state index < -0.39 is 5.97 Å². The number of benzene rings is 1. The number of rotatable bonds is 9. The van der Waals surface area contributed by atoms with Crippen molar-refractivity contribution in [2.45, 2.75) is 6.42 Å². The van der Waals surface area contributed by atoms with E-state index in [-0.39, 0.29) is 18.1 Å². The van der Waals surface area contributed by atoms with Gasteiger partial charge in [0.15, 0.2) is 0 Å². The number of hydrogen-bond donors (Lipinski definition) is 2. The zero-order valence-corrected chi connectivity index (χ0v) is 14.9. The molecule has 0 saturated carbocycles. The van der Waals surface area contributed by atoms with Gasteiger partial charge < -0.3 is 10.4 Å². The quantitative estimate of drug-likeness (QED) is 0.512. The summed E-state index contributed by atoms with van der Waals surface area (Å²) < 4.78 is 13.0. The summed E-state index contributed by atoms with van der Waals surface area (Å²) in [5.74, 6) is -0.201. The van der Waals surface area contributed by atoms with Crippen LogP contribution in [0.3, 0.4) is 0 Å². The maximum Gasteiger partial charge on any atom is 0.304 e. The first-order chi connectivity index (χ1) is 12.1. The zero-order chi connectivity index (χ0) is 18.1. The Morgan fingerprint density at radius 1 is 1.08 bits per heavy atom. The molecule has 1 aromatic heterocycles. The van der Waals surface area contributed by atoms with E-state index in [4.69, 9.17) is 5.11 Å². The fourth-order valence-electron chi connectivity index (χ4n) is 1.89. The number of nitrogens with zero attached hydrogens (tertiary/aromatic N) is 1. The minimum absolute atomic E-state index is 0.129. The molecule has 0 radical (unpaired) electrons. The van der Waals surface area contributed by atoms with Crippen LogP contribution in [0.1, 0.15) is 16.9 Å². The van der Waals surface area contributed by atoms with E-state index in [1.807, 2.05) is 0 Å². The minimum Gasteiger partial charge on any atom is -0.481 e. The molecule has 0 aliphatic carbocycles. The van der Waals surface area contributed by atoms with E-state index in [1.54, 1.807) is 30.3 Å². The van der Waals surface area contributed by atoms with Crippen LogP contribution < -0.4 is 5.32 Å². The third-order valence-corrected chi connectivity index (χ3v) is 5.48. The molecule has 0 aliphatic heterocycles. The lowest BCUT2D eigenvalue weighted by molar-refractivity contribution is -0.136. The van der Waals surface area contributed by atoms with Crippen LogP contribution in [0, 0.1) is 5.82 Å². The molecule has 2 N–H and O–H groups in total. The van der Waals surface area contributed by atoms with Crippen LogP contribution in [0.5, 0.6) is 0 Å². The Morgan fingerprint density at radius 3 is 2.52 bits per heavy atom. The molecule has 1 amide bonds. The fourth-order valence-corrected chi connectivity index (χ4v) is 3.77. The van der Waals surface area contributed by atoms with Gasteiger partial charge in [0.1, 0.15) is 11.5 Å². The number of amides is 1. The molecule has 2 rings (SSSR count). The summed E-state index contributed by atoms with van der Waals surface area (Å²) >= 11 is 0. The summed E-state index contributed by atoms with van der Waals surface area (Å²) in [7, 11) is 2.98. The normalized spacial score (nSPS) is 10.4. The summed E-state index contributed by atoms with van der Waals surface area (Å²) in [5.41, 5.74) is 1.64. The molecular formula is C17H17FN2O3S2. The lowest BCUT2D eigenvalue weighted by Crippen LogP contribution is -2.26. The number of pyridine rings is 1. The highest BCUT2D eigenvalue weighted by Gasteiger charge is 2.08. The monoisotopic (exact) mass is 380 g/mol. The Labute approximate surface area is 152 Å². The molecule has 0 unspecified atom stereocenters. The van der Waals surface area contributed by atoms with E-state index in [0.717, 1.165) is 5.56 Å². The van der Waals surface area contributed by atoms with E-state index in [9.17, 15) is 14.0 Å². The van der Waals surface area contributed by atoms with Crippen molar-refractivity contribution in [2.24, 2.45) is 0 Å². The summed E-state index contributed by atoms with van der Waals surface area (Å²) in [6, 6.07) is 11.0. The van der Waals surface area contributed by atoms with Gasteiger partial charge in [0.2, 0.25) is 0 Å². The van der Waals surface area contributed by atoms with E-state index >= 15 is 0 Å². The molecule has 0 spiro atoms. The van der Waals surface area contributed by atoms with Gasteiger partial charge in [-0.1, -0.05) is 27.7 Å². The van der Waals surface area contributed by atoms with Crippen molar-refractivity contribution in [1.29, 1.82) is 0 Å². The predicted octanol–water partition coefficient (Wildman–Crippen LogP) is 3.47. The first-order valence-electron chi connectivity index (χ1n) is 7.53. The predicted molar refractivity (Wildman–Crippen MR) is 99.1 cm³/mol. The molecule has 1 heterocycles. The summed E-state index contributed by atoms with van der Waals surface area (Å²) in [6.45, 7) is 0.464. The molecule has 0 fully saturated rings. The highest BCUT2D eigenvalue weighted by atomic mass is 33.1. The SMILES string of the molecule is O=C(O)CCSSCCNC(=O)c1cccc(-c2ccc(F)cc2)n1. The number of aliphatic carboxylic acids is 1. The van der Waals surface area contributed by atoms with Crippen molar-refractivity contribution in [3.05, 3.63) is 54.0 Å². The van der Waals surface area contributed by atoms with Crippen molar-refractivity contribution < 1.29 is 19.1 Å². The van der Waals surface area contributed by atoms with Gasteiger partial charge in [-0.15, -0.1) is 0 Å². The molecule has 132 valence electrons. The number of hydrogen-bond acceptors (Lipinski definition) is 5. The van der Waals surface area contributed by atoms with Gasteiger partial charge in [-0.2, -0.15) is 0 Å². The lowest BCUT2D eigenvalue weighted by atomic mass is 10.1. The maximum atomic E-state index is 13.0. The van der Waals surface area contributed by atoms with Crippen LogP contribution in [-0.2, 0) is 4.79 Å². The van der Waals surface area contributed by atoms with Gasteiger partial charge >= 0.3 is 5.97 Å². The van der Waals surface area contributed by atoms with Crippen LogP contribution in [0.2, 0.25) is 0 Å². The third kappa shape index (κ3) is 6.75. The zero-order valence-electron chi connectivity index (χ0n) is 13.3. The number of carboxylic acid groups (broad SMARTS) is 1. The van der Waals surface area contributed by atoms with Crippen molar-refractivity contribution in [3.8, 4) is 11.3 Å². The molecule has 0 aliphatic rings. The van der Waals surface area contributed by atoms with Crippen LogP contribution in [0.4, 0.5) is 4.39 Å². The molecule has 0 atom stereocenters. The Bertz CT molecular complexity index is 726. The van der Waals surface area contributed by atoms with E-state index in [1.165, 1.54) is 33.7 Å². The van der Waals surface area contributed by atoms with Crippen molar-refractivity contribution >= 4 is 33.5 Å². The first-order valence-corrected chi connectivity index (χ1v) is 10.0. The van der Waals surface area contributed by atoms with Gasteiger partial charge in [-0.25, -0.2) is 9.37 Å². The molecule has 1 aromatic carbocycles. The molecule has 5 nitrogen and oxygen atoms in total. The summed E-state index contributed by atoms with van der Waals surface area (Å²) in [4.78, 5) is 26.8. The fraction of sp³-hybridized carbons (Fsp3) is 0.235. The second-order valence-corrected chi connectivity index (χ2v) is 7.66. The molecular weight excluding hydrogens is 363 g/mol. The third-order valence-electron chi connectivity index (χ3n) is 3.08. The standard InChI is InChI=1S/C17H17FN2O3S2/c18-13-6-4-12(5-7-13)14-2-1-3-15(20-14)17(23)19-9-11-25-24-10-8-16(21)22/h1-7H,8-11H2,(H,19,23)(H,21,22). The average Bonchev–Trinajstić information content (AvgIpc) is 2.61. The Morgan fingerprint density at radius 2 is 1.80 bits per heavy atom. The van der Waals surface area contributed by atoms with Crippen LogP contribution in [0.15, 0.2) is 42.5 Å². The highest BCUT2D eigenvalue weighted by molar-refractivity contribution is 8.76. The second-order valence-electron chi connectivity index (χ2n) is 4.96. The van der Waals surface area contributed by atoms with Gasteiger partial charge in [-0.05, 0) is 36.4 Å². The summed E-state index contributed by atoms with van der Waals surface area (Å²) in [6.07, 6.45) is 0.129. The average molecular weight is 380 g/mol. The van der Waals surface area contributed by atoms with Gasteiger partial charge in [-0.3, -0.25) is 9.59 Å². The Kier molecular flexibility index (Phi) is 7.75. The van der Waals surface area contributed by atoms with Gasteiger partial charge in [0.25, 0.3) is 5.91 Å². The number of carbonyl (C=O) groups excluding carboxylic acids is 1. The number of carbonyl (C=O) groups is 2. The summed E-state index contributed by atoms with van der Waals surface area (Å²) in [5, 5.41) is 11.3. The van der Waals surface area contributed by atoms with Crippen molar-refractivity contribution in [1.82, 2.24) is 10.3 Å². The van der Waals surface area contributed by atoms with Crippen LogP contribution >= 0.6 is 21.6 Å². The van der Waals surface area contributed by atoms with Gasteiger partial charge in [0.05, 0.1) is 12.1 Å². The lowest BCUT2D eigenvalue weighted by Gasteiger charge is -2.06. The topological polar surface area (TPSA) is 79.3 Å². The van der Waals surface area contributed by atoms with Crippen LogP contribution in [-0.4, -0.2) is 40.0 Å². The Balaban J connectivity index is 1.81. The van der Waals surface area contributed by atoms with Crippen molar-refractivity contribution in [3.63, 3.8) is 0 Å². The molecule has 25 heavy (non-hydrogen) atoms. The molecule has 8 heteroatoms. The number of carboxylic acids is 1. The smallest absolute Gasteiger partial charge is 0.304 e. The van der Waals surface area contributed by atoms with Crippen molar-refractivity contribution in [2.75, 3.05) is 18.1 Å². The Hall–Kier alpha value is -2.06. The van der Waals surface area contributed by atoms with E-state index in [2.05, 4.69) is 10.3 Å². The second kappa shape index (κ2) is 10.0. The van der Waals surface area contributed by atoms with E-state index in [0.29, 0.717) is 29.4 Å². The number of halogens is 1. The van der Waals surface area contributed by atoms with Crippen LogP contribution in [0.25, 0.3) is 11.3 Å². The number of nitrogens with one attached hydrogen (secondary N) is 1. The number of aromatic nitrogens is 1. The highest BCUT2D eigenvalue weighted by Crippen LogP contribution is 2.21. The van der Waals surface area contributed by atoms with Gasteiger partial charge in [0, 0.05) is 23.6 Å². The molecule has 0 bridgehead atoms. The largest absolute Gasteiger partial charge is 0.481 e. The molecule has 2 aromatic rings. The molecule has 0 saturated heterocycles. The maximum absolute atomic E-state index is 13.0. The minimum atomic E-state index is -0.812. The first kappa shape index (κ1) is 19.3.